The highest BCUT2D eigenvalue weighted by Crippen LogP contribution is 2.65. The van der Waals surface area contributed by atoms with E-state index < -0.39 is 68.5 Å². The molecule has 3 aliphatic carbocycles. The Labute approximate surface area is 290 Å². The van der Waals surface area contributed by atoms with Crippen LogP contribution < -0.4 is 21.7 Å². The van der Waals surface area contributed by atoms with Gasteiger partial charge in [-0.3, -0.25) is 19.2 Å². The van der Waals surface area contributed by atoms with E-state index in [2.05, 4.69) is 16.0 Å². The lowest BCUT2D eigenvalue weighted by Gasteiger charge is -2.40. The van der Waals surface area contributed by atoms with Gasteiger partial charge in [-0.2, -0.15) is 0 Å². The molecule has 4 aliphatic rings. The van der Waals surface area contributed by atoms with Crippen LogP contribution in [0.1, 0.15) is 91.5 Å². The van der Waals surface area contributed by atoms with Crippen molar-refractivity contribution in [1.29, 1.82) is 0 Å². The van der Waals surface area contributed by atoms with Crippen LogP contribution in [0.5, 0.6) is 0 Å². The minimum atomic E-state index is -3.59. The van der Waals surface area contributed by atoms with E-state index in [-0.39, 0.29) is 34.7 Å². The van der Waals surface area contributed by atoms with E-state index in [1.54, 1.807) is 24.3 Å². The van der Waals surface area contributed by atoms with Crippen molar-refractivity contribution >= 4 is 39.4 Å². The average Bonchev–Trinajstić information content (AvgIpc) is 3.86. The summed E-state index contributed by atoms with van der Waals surface area (Å²) in [5.41, 5.74) is 4.03. The summed E-state index contributed by atoms with van der Waals surface area (Å²) in [6.07, 6.45) is 5.62. The van der Waals surface area contributed by atoms with E-state index in [0.29, 0.717) is 31.4 Å². The molecule has 5 amide bonds. The molecule has 3 saturated carbocycles. The van der Waals surface area contributed by atoms with Gasteiger partial charge < -0.3 is 26.6 Å². The van der Waals surface area contributed by atoms with Crippen molar-refractivity contribution in [2.24, 2.45) is 34.3 Å². The number of sulfone groups is 1. The van der Waals surface area contributed by atoms with Crippen LogP contribution in [-0.4, -0.2) is 78.8 Å². The molecule has 5 atom stereocenters. The summed E-state index contributed by atoms with van der Waals surface area (Å²) < 4.78 is 26.8. The Morgan fingerprint density at radius 1 is 0.980 bits per heavy atom. The molecule has 4 fully saturated rings. The number of nitrogens with two attached hydrogens (primary N) is 1. The number of benzene rings is 1. The number of amides is 5. The molecular formula is C36H53N5O7S. The first-order valence-electron chi connectivity index (χ1n) is 17.6. The monoisotopic (exact) mass is 699 g/mol. The molecule has 0 spiro atoms. The van der Waals surface area contributed by atoms with Crippen molar-refractivity contribution in [1.82, 2.24) is 20.9 Å². The van der Waals surface area contributed by atoms with Gasteiger partial charge in [0.2, 0.25) is 17.6 Å². The summed E-state index contributed by atoms with van der Waals surface area (Å²) in [6.45, 7) is 9.87. The summed E-state index contributed by atoms with van der Waals surface area (Å²) >= 11 is 0. The van der Waals surface area contributed by atoms with E-state index in [4.69, 9.17) is 5.73 Å². The first kappa shape index (κ1) is 36.8. The quantitative estimate of drug-likeness (QED) is 0.228. The van der Waals surface area contributed by atoms with Crippen LogP contribution in [-0.2, 0) is 34.8 Å². The van der Waals surface area contributed by atoms with Crippen molar-refractivity contribution < 1.29 is 32.4 Å². The van der Waals surface area contributed by atoms with E-state index in [0.717, 1.165) is 32.1 Å². The van der Waals surface area contributed by atoms with Crippen molar-refractivity contribution in [2.75, 3.05) is 12.3 Å². The highest BCUT2D eigenvalue weighted by molar-refractivity contribution is 7.90. The third-order valence-electron chi connectivity index (χ3n) is 11.2. The molecule has 1 aliphatic heterocycles. The molecular weight excluding hydrogens is 646 g/mol. The topological polar surface area (TPSA) is 185 Å². The number of nitrogens with one attached hydrogen (secondary N) is 3. The Kier molecular flexibility index (Phi) is 10.3. The van der Waals surface area contributed by atoms with Gasteiger partial charge in [-0.1, -0.05) is 97.1 Å². The van der Waals surface area contributed by atoms with Gasteiger partial charge in [-0.15, -0.1) is 0 Å². The maximum atomic E-state index is 14.4. The number of hydrogen-bond donors (Lipinski definition) is 4. The maximum absolute atomic E-state index is 14.4. The Hall–Kier alpha value is -3.48. The zero-order valence-corrected chi connectivity index (χ0v) is 30.2. The number of hydrogen-bond acceptors (Lipinski definition) is 7. The lowest BCUT2D eigenvalue weighted by atomic mass is 9.83. The van der Waals surface area contributed by atoms with E-state index in [9.17, 15) is 32.4 Å². The number of carbonyl (C=O) groups excluding carboxylic acids is 5. The number of ketones is 1. The second-order valence-corrected chi connectivity index (χ2v) is 18.7. The SMILES string of the molecule is CC(C)(C)[C@H](NC(=O)NC1(CS(=O)(=O)Cc2ccccc2)CCCCC1)C(=O)N1C[C@H]2C([C@H]1C(=O)NC(CC1CC1)C(=O)C(N)=O)C2(C)C. The predicted molar refractivity (Wildman–Crippen MR) is 184 cm³/mol. The number of carbonyl (C=O) groups is 5. The van der Waals surface area contributed by atoms with Crippen LogP contribution in [0.3, 0.4) is 0 Å². The number of rotatable bonds is 13. The summed E-state index contributed by atoms with van der Waals surface area (Å²) in [6, 6.07) is 5.34. The Balaban J connectivity index is 1.33. The smallest absolute Gasteiger partial charge is 0.315 e. The average molecular weight is 700 g/mol. The molecule has 13 heteroatoms. The van der Waals surface area contributed by atoms with Crippen LogP contribution in [0.15, 0.2) is 30.3 Å². The minimum Gasteiger partial charge on any atom is -0.363 e. The third-order valence-corrected chi connectivity index (χ3v) is 13.0. The molecule has 1 saturated heterocycles. The van der Waals surface area contributed by atoms with Gasteiger partial charge in [0.05, 0.1) is 23.1 Å². The number of likely N-dealkylation sites (tertiary alicyclic amines) is 1. The van der Waals surface area contributed by atoms with E-state index >= 15 is 0 Å². The molecule has 2 unspecified atom stereocenters. The molecule has 1 aromatic rings. The molecule has 0 aromatic heterocycles. The van der Waals surface area contributed by atoms with Crippen molar-refractivity contribution in [3.8, 4) is 0 Å². The van der Waals surface area contributed by atoms with Crippen molar-refractivity contribution in [2.45, 2.75) is 115 Å². The van der Waals surface area contributed by atoms with Gasteiger partial charge in [0, 0.05) is 6.54 Å². The van der Waals surface area contributed by atoms with Crippen molar-refractivity contribution in [3.63, 3.8) is 0 Å². The van der Waals surface area contributed by atoms with Gasteiger partial charge >= 0.3 is 6.03 Å². The number of piperidine rings is 1. The second kappa shape index (κ2) is 13.7. The molecule has 1 heterocycles. The lowest BCUT2D eigenvalue weighted by molar-refractivity contribution is -0.145. The van der Waals surface area contributed by atoms with Crippen LogP contribution in [0.25, 0.3) is 0 Å². The minimum absolute atomic E-state index is 0.0516. The summed E-state index contributed by atoms with van der Waals surface area (Å²) in [5, 5.41) is 8.64. The zero-order chi connectivity index (χ0) is 35.9. The number of urea groups is 1. The molecule has 5 rings (SSSR count). The fourth-order valence-corrected chi connectivity index (χ4v) is 10.2. The highest BCUT2D eigenvalue weighted by Gasteiger charge is 2.70. The highest BCUT2D eigenvalue weighted by atomic mass is 32.2. The molecule has 1 aromatic carbocycles. The predicted octanol–water partition coefficient (Wildman–Crippen LogP) is 2.84. The normalized spacial score (nSPS) is 25.3. The number of nitrogens with zero attached hydrogens (tertiary/aromatic N) is 1. The van der Waals surface area contributed by atoms with Crippen LogP contribution in [0.2, 0.25) is 0 Å². The van der Waals surface area contributed by atoms with Crippen molar-refractivity contribution in [3.05, 3.63) is 35.9 Å². The Bertz CT molecular complexity index is 1560. The number of primary amides is 1. The van der Waals surface area contributed by atoms with E-state index in [1.807, 2.05) is 40.7 Å². The van der Waals surface area contributed by atoms with Gasteiger partial charge in [-0.25, -0.2) is 13.2 Å². The standard InChI is InChI=1S/C36H53N5O7S/c1-34(2,3)29(39-33(46)40-36(16-10-7-11-17-36)21-49(47,48)20-23-12-8-6-9-13-23)32(45)41-19-24-26(35(24,4)5)27(41)31(44)38-25(18-22-14-15-22)28(42)30(37)43/h6,8-9,12-13,22,24-27,29H,7,10-11,14-21H2,1-5H3,(H2,37,43)(H,38,44)(H2,39,40,46)/t24-,25?,26?,27-,29+/m0/s1. The molecule has 270 valence electrons. The van der Waals surface area contributed by atoms with E-state index in [1.165, 1.54) is 4.90 Å². The van der Waals surface area contributed by atoms with Gasteiger partial charge in [0.1, 0.15) is 12.1 Å². The first-order valence-corrected chi connectivity index (χ1v) is 19.4. The zero-order valence-electron chi connectivity index (χ0n) is 29.4. The fraction of sp³-hybridized carbons (Fsp3) is 0.694. The van der Waals surface area contributed by atoms with Gasteiger partial charge in [-0.05, 0) is 53.4 Å². The molecule has 49 heavy (non-hydrogen) atoms. The largest absolute Gasteiger partial charge is 0.363 e. The molecule has 0 bridgehead atoms. The first-order chi connectivity index (χ1) is 22.8. The fourth-order valence-electron chi connectivity index (χ4n) is 8.22. The van der Waals surface area contributed by atoms with Crippen LogP contribution in [0.4, 0.5) is 4.79 Å². The van der Waals surface area contributed by atoms with Gasteiger partial charge in [0.15, 0.2) is 9.84 Å². The lowest BCUT2D eigenvalue weighted by Crippen LogP contribution is -2.64. The summed E-state index contributed by atoms with van der Waals surface area (Å²) in [7, 11) is -3.59. The number of fused-ring (bicyclic) bond motifs is 1. The molecule has 5 N–H and O–H groups in total. The Morgan fingerprint density at radius 2 is 1.61 bits per heavy atom. The molecule has 12 nitrogen and oxygen atoms in total. The van der Waals surface area contributed by atoms with Crippen LogP contribution >= 0.6 is 0 Å². The van der Waals surface area contributed by atoms with Crippen LogP contribution in [0, 0.1) is 28.6 Å². The number of Topliss-reactive ketones (excluding diaryl/α,β-unsaturated/α-hetero) is 1. The van der Waals surface area contributed by atoms with Gasteiger partial charge in [0.25, 0.3) is 5.91 Å². The molecule has 0 radical (unpaired) electrons. The summed E-state index contributed by atoms with van der Waals surface area (Å²) in [4.78, 5) is 68.1. The Morgan fingerprint density at radius 3 is 2.18 bits per heavy atom. The summed E-state index contributed by atoms with van der Waals surface area (Å²) in [5.74, 6) is -3.12. The maximum Gasteiger partial charge on any atom is 0.315 e. The third kappa shape index (κ3) is 8.46. The second-order valence-electron chi connectivity index (χ2n) is 16.6.